The van der Waals surface area contributed by atoms with Gasteiger partial charge in [0.25, 0.3) is 5.91 Å². The summed E-state index contributed by atoms with van der Waals surface area (Å²) >= 11 is 0. The van der Waals surface area contributed by atoms with E-state index in [-0.39, 0.29) is 18.4 Å². The molecule has 1 aromatic heterocycles. The van der Waals surface area contributed by atoms with Crippen molar-refractivity contribution in [2.24, 2.45) is 5.92 Å². The van der Waals surface area contributed by atoms with Crippen LogP contribution in [0.3, 0.4) is 0 Å². The Kier molecular flexibility index (Phi) is 7.41. The van der Waals surface area contributed by atoms with Crippen molar-refractivity contribution >= 4 is 11.8 Å². The number of nitrogens with zero attached hydrogens (tertiary/aromatic N) is 2. The summed E-state index contributed by atoms with van der Waals surface area (Å²) in [5, 5.41) is 2.56. The third kappa shape index (κ3) is 5.60. The molecule has 2 aliphatic rings. The highest BCUT2D eigenvalue weighted by Crippen LogP contribution is 2.44. The predicted octanol–water partition coefficient (Wildman–Crippen LogP) is 6.05. The summed E-state index contributed by atoms with van der Waals surface area (Å²) < 4.78 is 107. The second kappa shape index (κ2) is 10.1. The number of alkyl halides is 6. The van der Waals surface area contributed by atoms with Gasteiger partial charge in [-0.1, -0.05) is 6.92 Å². The molecule has 0 bridgehead atoms. The van der Waals surface area contributed by atoms with Crippen LogP contribution in [0.2, 0.25) is 0 Å². The van der Waals surface area contributed by atoms with Crippen molar-refractivity contribution in [1.82, 2.24) is 15.2 Å². The standard InChI is InChI=1S/C25H23F8N3O2/c1-2-14-5-6-20(36(14)23(38)19-9-13(7-8-34-19)24(28,29)30)22(37)35-21(12-3-4-12)15-10-18(27)16(11-17(15)26)25(31,32)33/h7-12,14,20-21H,2-6H2,1H3,(H,35,37)/t14-,20-,21?/m1/s1. The maximum Gasteiger partial charge on any atom is 0.419 e. The molecular weight excluding hydrogens is 526 g/mol. The molecule has 2 fully saturated rings. The summed E-state index contributed by atoms with van der Waals surface area (Å²) in [6, 6.07) is -1.02. The molecular formula is C25H23F8N3O2. The molecule has 4 rings (SSSR count). The van der Waals surface area contributed by atoms with Crippen LogP contribution in [0.25, 0.3) is 0 Å². The minimum absolute atomic E-state index is 0.0457. The summed E-state index contributed by atoms with van der Waals surface area (Å²) in [4.78, 5) is 31.5. The SMILES string of the molecule is CC[C@@H]1CC[C@H](C(=O)NC(c2cc(F)c(C(F)(F)F)cc2F)C2CC2)N1C(=O)c1cc(C(F)(F)F)ccn1. The molecule has 2 heterocycles. The minimum atomic E-state index is -5.11. The Balaban J connectivity index is 1.61. The van der Waals surface area contributed by atoms with Crippen LogP contribution in [-0.2, 0) is 17.1 Å². The van der Waals surface area contributed by atoms with Gasteiger partial charge >= 0.3 is 12.4 Å². The van der Waals surface area contributed by atoms with E-state index in [2.05, 4.69) is 10.3 Å². The summed E-state index contributed by atoms with van der Waals surface area (Å²) in [5.74, 6) is -5.04. The van der Waals surface area contributed by atoms with E-state index in [1.807, 2.05) is 0 Å². The zero-order valence-electron chi connectivity index (χ0n) is 20.0. The lowest BCUT2D eigenvalue weighted by Gasteiger charge is -2.30. The Hall–Kier alpha value is -3.25. The van der Waals surface area contributed by atoms with Crippen LogP contribution < -0.4 is 5.32 Å². The number of carbonyl (C=O) groups excluding carboxylic acids is 2. The lowest BCUT2D eigenvalue weighted by atomic mass is 9.98. The molecule has 1 aliphatic carbocycles. The number of rotatable bonds is 6. The third-order valence-corrected chi connectivity index (χ3v) is 6.94. The molecule has 0 radical (unpaired) electrons. The van der Waals surface area contributed by atoms with Crippen molar-refractivity contribution < 1.29 is 44.7 Å². The van der Waals surface area contributed by atoms with E-state index in [0.717, 1.165) is 11.1 Å². The predicted molar refractivity (Wildman–Crippen MR) is 117 cm³/mol. The first-order valence-corrected chi connectivity index (χ1v) is 11.9. The molecule has 1 aliphatic heterocycles. The van der Waals surface area contributed by atoms with E-state index in [1.54, 1.807) is 6.92 Å². The average Bonchev–Trinajstić information content (AvgIpc) is 3.59. The second-order valence-corrected chi connectivity index (χ2v) is 9.47. The summed E-state index contributed by atoms with van der Waals surface area (Å²) in [6.45, 7) is 1.73. The van der Waals surface area contributed by atoms with Crippen LogP contribution in [0.15, 0.2) is 30.5 Å². The van der Waals surface area contributed by atoms with Gasteiger partial charge in [-0.2, -0.15) is 26.3 Å². The largest absolute Gasteiger partial charge is 0.419 e. The highest BCUT2D eigenvalue weighted by Gasteiger charge is 2.44. The van der Waals surface area contributed by atoms with E-state index in [1.165, 1.54) is 0 Å². The highest BCUT2D eigenvalue weighted by atomic mass is 19.4. The molecule has 1 unspecified atom stereocenters. The number of pyridine rings is 1. The van der Waals surface area contributed by atoms with Gasteiger partial charge in [0.2, 0.25) is 5.91 Å². The number of likely N-dealkylation sites (tertiary alicyclic amines) is 1. The number of benzene rings is 1. The van der Waals surface area contributed by atoms with Crippen molar-refractivity contribution in [3.8, 4) is 0 Å². The molecule has 1 aromatic carbocycles. The van der Waals surface area contributed by atoms with Crippen LogP contribution in [-0.4, -0.2) is 33.8 Å². The van der Waals surface area contributed by atoms with Crippen LogP contribution in [0, 0.1) is 17.6 Å². The van der Waals surface area contributed by atoms with E-state index < -0.39 is 76.3 Å². The summed E-state index contributed by atoms with van der Waals surface area (Å²) in [6.07, 6.45) is -7.08. The maximum atomic E-state index is 14.7. The molecule has 0 spiro atoms. The van der Waals surface area contributed by atoms with Gasteiger partial charge in [-0.25, -0.2) is 8.78 Å². The molecule has 1 saturated carbocycles. The minimum Gasteiger partial charge on any atom is -0.347 e. The van der Waals surface area contributed by atoms with Crippen LogP contribution >= 0.6 is 0 Å². The van der Waals surface area contributed by atoms with Gasteiger partial charge in [-0.05, 0) is 62.3 Å². The van der Waals surface area contributed by atoms with Crippen LogP contribution in [0.4, 0.5) is 35.1 Å². The summed E-state index contributed by atoms with van der Waals surface area (Å²) in [7, 11) is 0. The van der Waals surface area contributed by atoms with Gasteiger partial charge in [0.15, 0.2) is 0 Å². The van der Waals surface area contributed by atoms with Gasteiger partial charge in [0.05, 0.1) is 17.2 Å². The van der Waals surface area contributed by atoms with Gasteiger partial charge in [-0.3, -0.25) is 14.6 Å². The molecule has 13 heteroatoms. The first-order chi connectivity index (χ1) is 17.7. The first kappa shape index (κ1) is 27.8. The highest BCUT2D eigenvalue weighted by molar-refractivity contribution is 5.97. The van der Waals surface area contributed by atoms with Gasteiger partial charge in [0.1, 0.15) is 23.4 Å². The number of aromatic nitrogens is 1. The van der Waals surface area contributed by atoms with Crippen molar-refractivity contribution in [3.63, 3.8) is 0 Å². The molecule has 2 amide bonds. The second-order valence-electron chi connectivity index (χ2n) is 9.47. The molecule has 206 valence electrons. The monoisotopic (exact) mass is 549 g/mol. The zero-order chi connectivity index (χ0) is 28.0. The normalized spacial score (nSPS) is 20.9. The zero-order valence-corrected chi connectivity index (χ0v) is 20.0. The van der Waals surface area contributed by atoms with E-state index in [9.17, 15) is 44.7 Å². The lowest BCUT2D eigenvalue weighted by Crippen LogP contribution is -2.50. The smallest absolute Gasteiger partial charge is 0.347 e. The molecule has 5 nitrogen and oxygen atoms in total. The van der Waals surface area contributed by atoms with Gasteiger partial charge in [-0.15, -0.1) is 0 Å². The number of hydrogen-bond donors (Lipinski definition) is 1. The van der Waals surface area contributed by atoms with Crippen molar-refractivity contribution in [1.29, 1.82) is 0 Å². The van der Waals surface area contributed by atoms with Crippen molar-refractivity contribution in [2.75, 3.05) is 0 Å². The quantitative estimate of drug-likeness (QED) is 0.447. The molecule has 38 heavy (non-hydrogen) atoms. The molecule has 3 atom stereocenters. The number of halogens is 8. The molecule has 1 saturated heterocycles. The van der Waals surface area contributed by atoms with Crippen LogP contribution in [0.1, 0.15) is 72.2 Å². The fourth-order valence-electron chi connectivity index (χ4n) is 4.85. The Bertz CT molecular complexity index is 1230. The van der Waals surface area contributed by atoms with E-state index in [0.29, 0.717) is 43.9 Å². The fourth-order valence-corrected chi connectivity index (χ4v) is 4.85. The Morgan fingerprint density at radius 2 is 1.68 bits per heavy atom. The number of hydrogen-bond acceptors (Lipinski definition) is 3. The van der Waals surface area contributed by atoms with Crippen LogP contribution in [0.5, 0.6) is 0 Å². The van der Waals surface area contributed by atoms with E-state index in [4.69, 9.17) is 0 Å². The number of amides is 2. The summed E-state index contributed by atoms with van der Waals surface area (Å²) in [5.41, 5.74) is -3.81. The molecule has 1 N–H and O–H groups in total. The average molecular weight is 549 g/mol. The Morgan fingerprint density at radius 3 is 2.26 bits per heavy atom. The van der Waals surface area contributed by atoms with Crippen molar-refractivity contribution in [2.45, 2.75) is 69.5 Å². The fraction of sp³-hybridized carbons (Fsp3) is 0.480. The Labute approximate surface area is 212 Å². The lowest BCUT2D eigenvalue weighted by molar-refractivity contribution is -0.140. The Morgan fingerprint density at radius 1 is 1.00 bits per heavy atom. The van der Waals surface area contributed by atoms with Crippen molar-refractivity contribution in [3.05, 3.63) is 64.5 Å². The first-order valence-electron chi connectivity index (χ1n) is 11.9. The number of nitrogens with one attached hydrogen (secondary N) is 1. The third-order valence-electron chi connectivity index (χ3n) is 6.94. The number of carbonyl (C=O) groups is 2. The van der Waals surface area contributed by atoms with E-state index >= 15 is 0 Å². The topological polar surface area (TPSA) is 62.3 Å². The molecule has 2 aromatic rings. The van der Waals surface area contributed by atoms with Gasteiger partial charge in [0, 0.05) is 17.8 Å². The van der Waals surface area contributed by atoms with Gasteiger partial charge < -0.3 is 10.2 Å². The maximum absolute atomic E-state index is 14.7.